The Morgan fingerprint density at radius 1 is 0.850 bits per heavy atom. The van der Waals surface area contributed by atoms with Gasteiger partial charge in [0.1, 0.15) is 0 Å². The molecule has 0 unspecified atom stereocenters. The fraction of sp³-hybridized carbons (Fsp3) is 1.00. The van der Waals surface area contributed by atoms with Gasteiger partial charge in [0.05, 0.1) is 0 Å². The second kappa shape index (κ2) is 6.38. The van der Waals surface area contributed by atoms with Gasteiger partial charge in [-0.05, 0) is 55.8 Å². The van der Waals surface area contributed by atoms with Gasteiger partial charge in [0.2, 0.25) is 0 Å². The van der Waals surface area contributed by atoms with Crippen LogP contribution in [0.1, 0.15) is 92.4 Å². The smallest absolute Gasteiger partial charge is 0.00798 e. The lowest BCUT2D eigenvalue weighted by molar-refractivity contribution is 0.0766. The highest BCUT2D eigenvalue weighted by atomic mass is 15.0. The molecule has 2 aliphatic carbocycles. The molecule has 1 N–H and O–H groups in total. The molecule has 2 rings (SSSR count). The normalized spacial score (nSPS) is 29.9. The molecule has 118 valence electrons. The molecule has 0 bridgehead atoms. The third-order valence-electron chi connectivity index (χ3n) is 5.66. The van der Waals surface area contributed by atoms with Crippen molar-refractivity contribution in [3.8, 4) is 0 Å². The minimum absolute atomic E-state index is 0.503. The van der Waals surface area contributed by atoms with E-state index in [4.69, 9.17) is 0 Å². The average molecular weight is 280 g/mol. The summed E-state index contributed by atoms with van der Waals surface area (Å²) in [6.07, 6.45) is 12.8. The predicted molar refractivity (Wildman–Crippen MR) is 89.0 cm³/mol. The Labute approximate surface area is 127 Å². The molecule has 2 saturated carbocycles. The molecule has 0 saturated heterocycles. The molecule has 2 fully saturated rings. The van der Waals surface area contributed by atoms with Crippen molar-refractivity contribution in [3.05, 3.63) is 0 Å². The van der Waals surface area contributed by atoms with Crippen LogP contribution < -0.4 is 5.32 Å². The van der Waals surface area contributed by atoms with Gasteiger partial charge >= 0.3 is 0 Å². The molecule has 1 nitrogen and oxygen atoms in total. The monoisotopic (exact) mass is 279 g/mol. The lowest BCUT2D eigenvalue weighted by Gasteiger charge is -2.46. The van der Waals surface area contributed by atoms with Crippen molar-refractivity contribution in [1.82, 2.24) is 5.32 Å². The average Bonchev–Trinajstić information content (AvgIpc) is 2.52. The topological polar surface area (TPSA) is 12.0 Å². The molecule has 0 aliphatic heterocycles. The Kier molecular flexibility index (Phi) is 5.21. The highest BCUT2D eigenvalue weighted by molar-refractivity contribution is 4.93. The van der Waals surface area contributed by atoms with Crippen molar-refractivity contribution < 1.29 is 0 Å². The van der Waals surface area contributed by atoms with E-state index in [1.807, 2.05) is 0 Å². The Morgan fingerprint density at radius 3 is 1.85 bits per heavy atom. The SMILES string of the molecule is C[C@@H](NC1CC(C)(C)CC(C)(C)C1)C1CCCCCC1. The van der Waals surface area contributed by atoms with Gasteiger partial charge in [0.25, 0.3) is 0 Å². The zero-order valence-electron chi connectivity index (χ0n) is 14.6. The van der Waals surface area contributed by atoms with Crippen LogP contribution in [0.2, 0.25) is 0 Å². The zero-order chi connectivity index (χ0) is 14.8. The lowest BCUT2D eigenvalue weighted by Crippen LogP contribution is -2.48. The predicted octanol–water partition coefficient (Wildman–Crippen LogP) is 5.54. The summed E-state index contributed by atoms with van der Waals surface area (Å²) in [5.74, 6) is 0.922. The summed E-state index contributed by atoms with van der Waals surface area (Å²) < 4.78 is 0. The third-order valence-corrected chi connectivity index (χ3v) is 5.66. The Hall–Kier alpha value is -0.0400. The molecule has 1 atom stereocenters. The number of nitrogens with one attached hydrogen (secondary N) is 1. The zero-order valence-corrected chi connectivity index (χ0v) is 14.6. The summed E-state index contributed by atoms with van der Waals surface area (Å²) in [5, 5.41) is 4.03. The summed E-state index contributed by atoms with van der Waals surface area (Å²) >= 11 is 0. The van der Waals surface area contributed by atoms with Crippen LogP contribution in [0, 0.1) is 16.7 Å². The van der Waals surface area contributed by atoms with Crippen molar-refractivity contribution in [2.24, 2.45) is 16.7 Å². The van der Waals surface area contributed by atoms with Crippen molar-refractivity contribution in [2.75, 3.05) is 0 Å². The van der Waals surface area contributed by atoms with Crippen molar-refractivity contribution in [1.29, 1.82) is 0 Å². The molecule has 0 radical (unpaired) electrons. The van der Waals surface area contributed by atoms with Crippen LogP contribution >= 0.6 is 0 Å². The Balaban J connectivity index is 1.91. The quantitative estimate of drug-likeness (QED) is 0.669. The van der Waals surface area contributed by atoms with Crippen molar-refractivity contribution in [2.45, 2.75) is 104 Å². The highest BCUT2D eigenvalue weighted by Gasteiger charge is 2.39. The van der Waals surface area contributed by atoms with E-state index in [1.54, 1.807) is 0 Å². The van der Waals surface area contributed by atoms with Gasteiger partial charge in [-0.2, -0.15) is 0 Å². The van der Waals surface area contributed by atoms with Crippen LogP contribution in [0.15, 0.2) is 0 Å². The van der Waals surface area contributed by atoms with E-state index in [1.165, 1.54) is 57.8 Å². The van der Waals surface area contributed by atoms with E-state index in [9.17, 15) is 0 Å². The highest BCUT2D eigenvalue weighted by Crippen LogP contribution is 2.46. The van der Waals surface area contributed by atoms with Crippen molar-refractivity contribution >= 4 is 0 Å². The summed E-state index contributed by atoms with van der Waals surface area (Å²) in [6.45, 7) is 12.3. The van der Waals surface area contributed by atoms with E-state index in [0.717, 1.165) is 12.0 Å². The second-order valence-electron chi connectivity index (χ2n) is 9.32. The summed E-state index contributed by atoms with van der Waals surface area (Å²) in [6, 6.07) is 1.44. The first kappa shape index (κ1) is 16.3. The summed E-state index contributed by atoms with van der Waals surface area (Å²) in [7, 11) is 0. The largest absolute Gasteiger partial charge is 0.311 e. The number of rotatable bonds is 3. The van der Waals surface area contributed by atoms with Crippen LogP contribution in [0.4, 0.5) is 0 Å². The summed E-state index contributed by atoms with van der Waals surface area (Å²) in [4.78, 5) is 0. The van der Waals surface area contributed by atoms with E-state index in [0.29, 0.717) is 16.9 Å². The fourth-order valence-electron chi connectivity index (χ4n) is 5.28. The van der Waals surface area contributed by atoms with Gasteiger partial charge in [-0.15, -0.1) is 0 Å². The second-order valence-corrected chi connectivity index (χ2v) is 9.32. The molecule has 0 aromatic heterocycles. The Morgan fingerprint density at radius 2 is 1.35 bits per heavy atom. The van der Waals surface area contributed by atoms with Crippen LogP contribution in [0.25, 0.3) is 0 Å². The van der Waals surface area contributed by atoms with Crippen LogP contribution in [-0.2, 0) is 0 Å². The summed E-state index contributed by atoms with van der Waals surface area (Å²) in [5.41, 5.74) is 1.01. The van der Waals surface area contributed by atoms with Gasteiger partial charge in [-0.1, -0.05) is 53.4 Å². The number of hydrogen-bond donors (Lipinski definition) is 1. The molecular weight excluding hydrogens is 242 g/mol. The van der Waals surface area contributed by atoms with Gasteiger partial charge in [0.15, 0.2) is 0 Å². The number of hydrogen-bond acceptors (Lipinski definition) is 1. The first-order valence-electron chi connectivity index (χ1n) is 9.04. The lowest BCUT2D eigenvalue weighted by atomic mass is 9.63. The standard InChI is InChI=1S/C19H37N/c1-15(16-10-8-6-7-9-11-16)20-17-12-18(2,3)14-19(4,5)13-17/h15-17,20H,6-14H2,1-5H3/t15-/m1/s1. The molecule has 2 aliphatic rings. The maximum atomic E-state index is 4.03. The first-order valence-corrected chi connectivity index (χ1v) is 9.04. The molecule has 0 spiro atoms. The molecular formula is C19H37N. The molecule has 0 heterocycles. The Bertz CT molecular complexity index is 281. The minimum Gasteiger partial charge on any atom is -0.311 e. The van der Waals surface area contributed by atoms with E-state index in [2.05, 4.69) is 39.9 Å². The molecule has 0 aromatic rings. The van der Waals surface area contributed by atoms with Gasteiger partial charge in [0, 0.05) is 12.1 Å². The molecule has 20 heavy (non-hydrogen) atoms. The third kappa shape index (κ3) is 4.76. The molecule has 1 heteroatoms. The van der Waals surface area contributed by atoms with Gasteiger partial charge in [-0.3, -0.25) is 0 Å². The fourth-order valence-corrected chi connectivity index (χ4v) is 5.28. The van der Waals surface area contributed by atoms with Gasteiger partial charge < -0.3 is 5.32 Å². The van der Waals surface area contributed by atoms with Crippen LogP contribution in [0.5, 0.6) is 0 Å². The van der Waals surface area contributed by atoms with E-state index in [-0.39, 0.29) is 0 Å². The van der Waals surface area contributed by atoms with E-state index < -0.39 is 0 Å². The molecule has 0 amide bonds. The molecule has 0 aromatic carbocycles. The van der Waals surface area contributed by atoms with Gasteiger partial charge in [-0.25, -0.2) is 0 Å². The van der Waals surface area contributed by atoms with Crippen molar-refractivity contribution in [3.63, 3.8) is 0 Å². The first-order chi connectivity index (χ1) is 9.27. The van der Waals surface area contributed by atoms with Crippen LogP contribution in [0.3, 0.4) is 0 Å². The van der Waals surface area contributed by atoms with E-state index >= 15 is 0 Å². The minimum atomic E-state index is 0.503. The maximum Gasteiger partial charge on any atom is 0.00798 e. The maximum absolute atomic E-state index is 4.03. The van der Waals surface area contributed by atoms with Crippen LogP contribution in [-0.4, -0.2) is 12.1 Å².